The van der Waals surface area contributed by atoms with Crippen LogP contribution >= 0.6 is 11.3 Å². The fraction of sp³-hybridized carbons (Fsp3) is 0.600. The van der Waals surface area contributed by atoms with Gasteiger partial charge in [-0.2, -0.15) is 13.2 Å². The quantitative estimate of drug-likeness (QED) is 0.674. The number of unbranched alkanes of at least 4 members (excludes halogenated alkanes) is 1. The fourth-order valence-corrected chi connectivity index (χ4v) is 3.75. The Hall–Kier alpha value is -0.770. The van der Waals surface area contributed by atoms with Gasteiger partial charge in [-0.3, -0.25) is 0 Å². The van der Waals surface area contributed by atoms with Gasteiger partial charge in [0.2, 0.25) is 0 Å². The van der Waals surface area contributed by atoms with Crippen LogP contribution in [-0.4, -0.2) is 6.18 Å². The molecule has 0 saturated carbocycles. The van der Waals surface area contributed by atoms with Gasteiger partial charge in [0.15, 0.2) is 0 Å². The average molecular weight is 288 g/mol. The van der Waals surface area contributed by atoms with Crippen LogP contribution in [0.25, 0.3) is 5.57 Å². The Bertz CT molecular complexity index is 456. The van der Waals surface area contributed by atoms with Crippen LogP contribution in [0.1, 0.15) is 48.6 Å². The maximum absolute atomic E-state index is 12.9. The molecule has 0 bridgehead atoms. The Kier molecular flexibility index (Phi) is 4.39. The van der Waals surface area contributed by atoms with Gasteiger partial charge in [0.25, 0.3) is 0 Å². The SMILES string of the molecule is C=C(CCCC)c1csc2c1CC(C(F)(F)F)CC2. The predicted molar refractivity (Wildman–Crippen MR) is 74.4 cm³/mol. The van der Waals surface area contributed by atoms with Crippen molar-refractivity contribution < 1.29 is 13.2 Å². The molecule has 0 fully saturated rings. The topological polar surface area (TPSA) is 0 Å². The second-order valence-electron chi connectivity index (χ2n) is 5.24. The Balaban J connectivity index is 2.18. The van der Waals surface area contributed by atoms with E-state index in [0.29, 0.717) is 6.42 Å². The van der Waals surface area contributed by atoms with Crippen LogP contribution in [0.5, 0.6) is 0 Å². The molecule has 0 aromatic carbocycles. The summed E-state index contributed by atoms with van der Waals surface area (Å²) in [4.78, 5) is 1.13. The van der Waals surface area contributed by atoms with Gasteiger partial charge < -0.3 is 0 Å². The Morgan fingerprint density at radius 1 is 1.47 bits per heavy atom. The van der Waals surface area contributed by atoms with Crippen molar-refractivity contribution in [1.29, 1.82) is 0 Å². The molecule has 0 radical (unpaired) electrons. The minimum absolute atomic E-state index is 0.142. The average Bonchev–Trinajstić information content (AvgIpc) is 2.77. The van der Waals surface area contributed by atoms with Crippen molar-refractivity contribution >= 4 is 16.9 Å². The number of allylic oxidation sites excluding steroid dienone is 1. The second kappa shape index (κ2) is 5.70. The lowest BCUT2D eigenvalue weighted by Crippen LogP contribution is -2.28. The van der Waals surface area contributed by atoms with Gasteiger partial charge >= 0.3 is 6.18 Å². The van der Waals surface area contributed by atoms with Crippen LogP contribution in [0.2, 0.25) is 0 Å². The summed E-state index contributed by atoms with van der Waals surface area (Å²) >= 11 is 1.60. The van der Waals surface area contributed by atoms with E-state index in [-0.39, 0.29) is 12.8 Å². The molecule has 106 valence electrons. The maximum Gasteiger partial charge on any atom is 0.392 e. The summed E-state index contributed by atoms with van der Waals surface area (Å²) in [7, 11) is 0. The summed E-state index contributed by atoms with van der Waals surface area (Å²) in [5.41, 5.74) is 2.91. The molecular weight excluding hydrogens is 269 g/mol. The molecule has 1 unspecified atom stereocenters. The second-order valence-corrected chi connectivity index (χ2v) is 6.20. The van der Waals surface area contributed by atoms with Crippen molar-refractivity contribution in [3.8, 4) is 0 Å². The first-order valence-corrected chi connectivity index (χ1v) is 7.65. The lowest BCUT2D eigenvalue weighted by atomic mass is 9.84. The number of alkyl halides is 3. The molecule has 1 aromatic heterocycles. The standard InChI is InChI=1S/C15H19F3S/c1-3-4-5-10(2)13-9-19-14-7-6-11(8-12(13)14)15(16,17)18/h9,11H,2-8H2,1H3. The molecule has 0 saturated heterocycles. The summed E-state index contributed by atoms with van der Waals surface area (Å²) in [6.07, 6.45) is -0.118. The largest absolute Gasteiger partial charge is 0.392 e. The first-order valence-electron chi connectivity index (χ1n) is 6.77. The molecule has 0 N–H and O–H groups in total. The van der Waals surface area contributed by atoms with Crippen molar-refractivity contribution in [3.05, 3.63) is 28.0 Å². The molecule has 1 aliphatic carbocycles. The Morgan fingerprint density at radius 3 is 2.84 bits per heavy atom. The third-order valence-corrected chi connectivity index (χ3v) is 4.92. The van der Waals surface area contributed by atoms with Gasteiger partial charge in [-0.25, -0.2) is 0 Å². The zero-order chi connectivity index (χ0) is 14.0. The molecule has 0 amide bonds. The molecule has 1 atom stereocenters. The highest BCUT2D eigenvalue weighted by Gasteiger charge is 2.42. The number of thiophene rings is 1. The highest BCUT2D eigenvalue weighted by molar-refractivity contribution is 7.10. The van der Waals surface area contributed by atoms with Crippen LogP contribution < -0.4 is 0 Å². The predicted octanol–water partition coefficient (Wildman–Crippen LogP) is 5.62. The van der Waals surface area contributed by atoms with E-state index in [4.69, 9.17) is 0 Å². The lowest BCUT2D eigenvalue weighted by molar-refractivity contribution is -0.176. The van der Waals surface area contributed by atoms with E-state index in [1.807, 2.05) is 5.38 Å². The highest BCUT2D eigenvalue weighted by atomic mass is 32.1. The smallest absolute Gasteiger partial charge is 0.171 e. The molecule has 4 heteroatoms. The van der Waals surface area contributed by atoms with E-state index in [0.717, 1.165) is 40.8 Å². The van der Waals surface area contributed by atoms with Crippen LogP contribution in [0.15, 0.2) is 12.0 Å². The molecule has 19 heavy (non-hydrogen) atoms. The van der Waals surface area contributed by atoms with E-state index in [2.05, 4.69) is 13.5 Å². The molecule has 1 heterocycles. The number of hydrogen-bond acceptors (Lipinski definition) is 1. The Morgan fingerprint density at radius 2 is 2.21 bits per heavy atom. The van der Waals surface area contributed by atoms with Crippen LogP contribution in [0, 0.1) is 5.92 Å². The van der Waals surface area contributed by atoms with E-state index in [1.165, 1.54) is 0 Å². The molecule has 0 aliphatic heterocycles. The van der Waals surface area contributed by atoms with Gasteiger partial charge in [-0.1, -0.05) is 19.9 Å². The third-order valence-electron chi connectivity index (χ3n) is 3.83. The Labute approximate surface area is 116 Å². The number of rotatable bonds is 4. The zero-order valence-electron chi connectivity index (χ0n) is 11.1. The van der Waals surface area contributed by atoms with E-state index < -0.39 is 12.1 Å². The molecular formula is C15H19F3S. The molecule has 2 rings (SSSR count). The molecule has 1 aromatic rings. The first kappa shape index (κ1) is 14.6. The van der Waals surface area contributed by atoms with E-state index in [9.17, 15) is 13.2 Å². The number of fused-ring (bicyclic) bond motifs is 1. The van der Waals surface area contributed by atoms with Gasteiger partial charge in [-0.05, 0) is 54.2 Å². The van der Waals surface area contributed by atoms with Crippen LogP contribution in [-0.2, 0) is 12.8 Å². The number of hydrogen-bond donors (Lipinski definition) is 0. The van der Waals surface area contributed by atoms with E-state index in [1.54, 1.807) is 11.3 Å². The lowest BCUT2D eigenvalue weighted by Gasteiger charge is -2.25. The van der Waals surface area contributed by atoms with Crippen molar-refractivity contribution in [2.45, 2.75) is 51.6 Å². The van der Waals surface area contributed by atoms with Crippen molar-refractivity contribution in [1.82, 2.24) is 0 Å². The highest BCUT2D eigenvalue weighted by Crippen LogP contribution is 2.42. The van der Waals surface area contributed by atoms with Gasteiger partial charge in [0.05, 0.1) is 5.92 Å². The normalized spacial score (nSPS) is 19.3. The number of aryl methyl sites for hydroxylation is 1. The van der Waals surface area contributed by atoms with Gasteiger partial charge in [0, 0.05) is 4.88 Å². The summed E-state index contributed by atoms with van der Waals surface area (Å²) < 4.78 is 38.6. The minimum Gasteiger partial charge on any atom is -0.171 e. The van der Waals surface area contributed by atoms with Gasteiger partial charge in [-0.15, -0.1) is 11.3 Å². The minimum atomic E-state index is -4.07. The third kappa shape index (κ3) is 3.22. The van der Waals surface area contributed by atoms with Gasteiger partial charge in [0.1, 0.15) is 0 Å². The summed E-state index contributed by atoms with van der Waals surface area (Å²) in [6.45, 7) is 6.16. The molecule has 0 nitrogen and oxygen atoms in total. The van der Waals surface area contributed by atoms with Crippen LogP contribution in [0.3, 0.4) is 0 Å². The van der Waals surface area contributed by atoms with E-state index >= 15 is 0 Å². The summed E-state index contributed by atoms with van der Waals surface area (Å²) in [5, 5.41) is 2.00. The summed E-state index contributed by atoms with van der Waals surface area (Å²) in [6, 6.07) is 0. The first-order chi connectivity index (χ1) is 8.93. The van der Waals surface area contributed by atoms with Crippen LogP contribution in [0.4, 0.5) is 13.2 Å². The summed E-state index contributed by atoms with van der Waals surface area (Å²) in [5.74, 6) is -1.17. The fourth-order valence-electron chi connectivity index (χ4n) is 2.61. The monoisotopic (exact) mass is 288 g/mol. The van der Waals surface area contributed by atoms with Crippen molar-refractivity contribution in [2.75, 3.05) is 0 Å². The molecule has 1 aliphatic rings. The molecule has 0 spiro atoms. The van der Waals surface area contributed by atoms with Crippen molar-refractivity contribution in [3.63, 3.8) is 0 Å². The van der Waals surface area contributed by atoms with Crippen molar-refractivity contribution in [2.24, 2.45) is 5.92 Å². The zero-order valence-corrected chi connectivity index (χ0v) is 12.0. The number of halogens is 3. The maximum atomic E-state index is 12.9.